The lowest BCUT2D eigenvalue weighted by atomic mass is 10.2. The maximum atomic E-state index is 5.10. The van der Waals surface area contributed by atoms with E-state index in [-0.39, 0.29) is 0 Å². The van der Waals surface area contributed by atoms with Gasteiger partial charge in [-0.2, -0.15) is 0 Å². The number of benzene rings is 1. The summed E-state index contributed by atoms with van der Waals surface area (Å²) >= 11 is 0. The van der Waals surface area contributed by atoms with Crippen molar-refractivity contribution in [1.82, 2.24) is 0 Å². The van der Waals surface area contributed by atoms with Gasteiger partial charge in [-0.05, 0) is 12.1 Å². The second-order valence-corrected chi connectivity index (χ2v) is 2.73. The molecule has 2 heteroatoms. The SMILES string of the molecule is COCOCCC#Cc1ccccc1. The summed E-state index contributed by atoms with van der Waals surface area (Å²) in [5, 5.41) is 0. The van der Waals surface area contributed by atoms with Crippen molar-refractivity contribution in [2.75, 3.05) is 20.5 Å². The summed E-state index contributed by atoms with van der Waals surface area (Å²) in [6, 6.07) is 9.91. The van der Waals surface area contributed by atoms with E-state index in [1.54, 1.807) is 7.11 Å². The molecule has 14 heavy (non-hydrogen) atoms. The van der Waals surface area contributed by atoms with Crippen molar-refractivity contribution >= 4 is 0 Å². The zero-order valence-electron chi connectivity index (χ0n) is 8.32. The molecular formula is C12H14O2. The van der Waals surface area contributed by atoms with E-state index in [1.807, 2.05) is 30.3 Å². The lowest BCUT2D eigenvalue weighted by Crippen LogP contribution is -1.96. The molecule has 0 aromatic heterocycles. The number of methoxy groups -OCH3 is 1. The van der Waals surface area contributed by atoms with Gasteiger partial charge in [0.1, 0.15) is 6.79 Å². The molecule has 0 N–H and O–H groups in total. The summed E-state index contributed by atoms with van der Waals surface area (Å²) in [6.45, 7) is 0.959. The molecule has 0 spiro atoms. The van der Waals surface area contributed by atoms with Crippen molar-refractivity contribution in [3.63, 3.8) is 0 Å². The van der Waals surface area contributed by atoms with Crippen molar-refractivity contribution < 1.29 is 9.47 Å². The van der Waals surface area contributed by atoms with Crippen LogP contribution >= 0.6 is 0 Å². The van der Waals surface area contributed by atoms with Gasteiger partial charge in [0.05, 0.1) is 6.61 Å². The Bertz CT molecular complexity index is 295. The second-order valence-electron chi connectivity index (χ2n) is 2.73. The highest BCUT2D eigenvalue weighted by atomic mass is 16.7. The Morgan fingerprint density at radius 1 is 1.21 bits per heavy atom. The fraction of sp³-hybridized carbons (Fsp3) is 0.333. The minimum absolute atomic E-state index is 0.340. The first-order valence-corrected chi connectivity index (χ1v) is 4.54. The monoisotopic (exact) mass is 190 g/mol. The number of hydrogen-bond donors (Lipinski definition) is 0. The maximum Gasteiger partial charge on any atom is 0.146 e. The second kappa shape index (κ2) is 7.14. The van der Waals surface area contributed by atoms with Gasteiger partial charge in [-0.1, -0.05) is 30.0 Å². The van der Waals surface area contributed by atoms with Gasteiger partial charge in [0.25, 0.3) is 0 Å². The first kappa shape index (κ1) is 10.8. The normalized spacial score (nSPS) is 9.21. The lowest BCUT2D eigenvalue weighted by Gasteiger charge is -1.96. The zero-order chi connectivity index (χ0) is 10.1. The van der Waals surface area contributed by atoms with Crippen molar-refractivity contribution in [2.24, 2.45) is 0 Å². The molecule has 0 bridgehead atoms. The molecule has 0 radical (unpaired) electrons. The average molecular weight is 190 g/mol. The van der Waals surface area contributed by atoms with Crippen LogP contribution in [-0.2, 0) is 9.47 Å². The standard InChI is InChI=1S/C12H14O2/c1-13-11-14-10-6-5-9-12-7-3-2-4-8-12/h2-4,7-8H,6,10-11H2,1H3. The molecular weight excluding hydrogens is 176 g/mol. The molecule has 1 aromatic carbocycles. The molecule has 0 aliphatic rings. The van der Waals surface area contributed by atoms with Gasteiger partial charge in [-0.3, -0.25) is 0 Å². The summed E-state index contributed by atoms with van der Waals surface area (Å²) in [7, 11) is 1.61. The Hall–Kier alpha value is -1.30. The molecule has 0 saturated heterocycles. The molecule has 0 aliphatic heterocycles. The molecule has 0 amide bonds. The smallest absolute Gasteiger partial charge is 0.146 e. The Kier molecular flexibility index (Phi) is 5.49. The third-order valence-corrected chi connectivity index (χ3v) is 1.58. The van der Waals surface area contributed by atoms with Crippen LogP contribution < -0.4 is 0 Å². The van der Waals surface area contributed by atoms with Crippen molar-refractivity contribution in [2.45, 2.75) is 6.42 Å². The van der Waals surface area contributed by atoms with Gasteiger partial charge < -0.3 is 9.47 Å². The van der Waals surface area contributed by atoms with Gasteiger partial charge in [-0.25, -0.2) is 0 Å². The van der Waals surface area contributed by atoms with E-state index in [4.69, 9.17) is 9.47 Å². The maximum absolute atomic E-state index is 5.10. The first-order valence-electron chi connectivity index (χ1n) is 4.54. The van der Waals surface area contributed by atoms with E-state index in [1.165, 1.54) is 0 Å². The molecule has 0 unspecified atom stereocenters. The van der Waals surface area contributed by atoms with Crippen LogP contribution in [0.5, 0.6) is 0 Å². The number of rotatable bonds is 4. The highest BCUT2D eigenvalue weighted by Crippen LogP contribution is 1.94. The fourth-order valence-corrected chi connectivity index (χ4v) is 0.952. The van der Waals surface area contributed by atoms with E-state index in [2.05, 4.69) is 11.8 Å². The largest absolute Gasteiger partial charge is 0.359 e. The summed E-state index contributed by atoms with van der Waals surface area (Å²) < 4.78 is 9.83. The molecule has 2 nitrogen and oxygen atoms in total. The minimum atomic E-state index is 0.340. The number of hydrogen-bond acceptors (Lipinski definition) is 2. The third-order valence-electron chi connectivity index (χ3n) is 1.58. The van der Waals surface area contributed by atoms with E-state index in [9.17, 15) is 0 Å². The third kappa shape index (κ3) is 4.66. The van der Waals surface area contributed by atoms with Crippen LogP contribution in [0.1, 0.15) is 12.0 Å². The van der Waals surface area contributed by atoms with Crippen LogP contribution in [-0.4, -0.2) is 20.5 Å². The highest BCUT2D eigenvalue weighted by Gasteiger charge is 1.83. The van der Waals surface area contributed by atoms with Crippen LogP contribution in [0.4, 0.5) is 0 Å². The van der Waals surface area contributed by atoms with E-state index in [0.29, 0.717) is 13.4 Å². The Morgan fingerprint density at radius 3 is 2.71 bits per heavy atom. The van der Waals surface area contributed by atoms with E-state index < -0.39 is 0 Å². The van der Waals surface area contributed by atoms with Gasteiger partial charge in [0, 0.05) is 19.1 Å². The summed E-state index contributed by atoms with van der Waals surface area (Å²) in [5.74, 6) is 6.08. The van der Waals surface area contributed by atoms with Crippen LogP contribution in [0.2, 0.25) is 0 Å². The van der Waals surface area contributed by atoms with Crippen molar-refractivity contribution in [3.05, 3.63) is 35.9 Å². The molecule has 0 fully saturated rings. The van der Waals surface area contributed by atoms with Crippen LogP contribution in [0.15, 0.2) is 30.3 Å². The average Bonchev–Trinajstić information content (AvgIpc) is 2.25. The van der Waals surface area contributed by atoms with Gasteiger partial charge >= 0.3 is 0 Å². The minimum Gasteiger partial charge on any atom is -0.359 e. The quantitative estimate of drug-likeness (QED) is 0.411. The van der Waals surface area contributed by atoms with E-state index >= 15 is 0 Å². The lowest BCUT2D eigenvalue weighted by molar-refractivity contribution is -0.0281. The topological polar surface area (TPSA) is 18.5 Å². The fourth-order valence-electron chi connectivity index (χ4n) is 0.952. The van der Waals surface area contributed by atoms with Crippen LogP contribution in [0.25, 0.3) is 0 Å². The predicted molar refractivity (Wildman–Crippen MR) is 55.8 cm³/mol. The Morgan fingerprint density at radius 2 is 2.00 bits per heavy atom. The van der Waals surface area contributed by atoms with Gasteiger partial charge in [-0.15, -0.1) is 0 Å². The summed E-state index contributed by atoms with van der Waals surface area (Å²) in [6.07, 6.45) is 0.734. The Balaban J connectivity index is 2.21. The van der Waals surface area contributed by atoms with E-state index in [0.717, 1.165) is 12.0 Å². The van der Waals surface area contributed by atoms with Crippen LogP contribution in [0.3, 0.4) is 0 Å². The summed E-state index contributed by atoms with van der Waals surface area (Å²) in [5.41, 5.74) is 1.04. The molecule has 1 aromatic rings. The molecule has 0 heterocycles. The number of ether oxygens (including phenoxy) is 2. The van der Waals surface area contributed by atoms with Crippen LogP contribution in [0, 0.1) is 11.8 Å². The molecule has 74 valence electrons. The molecule has 0 atom stereocenters. The van der Waals surface area contributed by atoms with Gasteiger partial charge in [0.2, 0.25) is 0 Å². The molecule has 1 rings (SSSR count). The summed E-state index contributed by atoms with van der Waals surface area (Å²) in [4.78, 5) is 0. The highest BCUT2D eigenvalue weighted by molar-refractivity contribution is 5.33. The zero-order valence-corrected chi connectivity index (χ0v) is 8.32. The van der Waals surface area contributed by atoms with Crippen molar-refractivity contribution in [1.29, 1.82) is 0 Å². The van der Waals surface area contributed by atoms with Crippen molar-refractivity contribution in [3.8, 4) is 11.8 Å². The molecule has 0 aliphatic carbocycles. The predicted octanol–water partition coefficient (Wildman–Crippen LogP) is 2.05. The molecule has 0 saturated carbocycles. The van der Waals surface area contributed by atoms with Gasteiger partial charge in [0.15, 0.2) is 0 Å². The first-order chi connectivity index (χ1) is 6.93. The Labute approximate surface area is 84.8 Å².